The Morgan fingerprint density at radius 3 is 2.17 bits per heavy atom. The van der Waals surface area contributed by atoms with Crippen LogP contribution in [-0.2, 0) is 4.79 Å². The molecule has 0 bridgehead atoms. The third-order valence-electron chi connectivity index (χ3n) is 4.39. The van der Waals surface area contributed by atoms with E-state index >= 15 is 0 Å². The van der Waals surface area contributed by atoms with E-state index in [1.165, 1.54) is 5.56 Å². The number of aliphatic hydroxyl groups is 1. The van der Waals surface area contributed by atoms with Gasteiger partial charge in [0.1, 0.15) is 5.76 Å². The zero-order valence-electron chi connectivity index (χ0n) is 13.0. The molecular formula is C20H18O3. The molecule has 116 valence electrons. The topological polar surface area (TPSA) is 54.4 Å². The molecule has 0 saturated heterocycles. The van der Waals surface area contributed by atoms with Crippen LogP contribution in [0.3, 0.4) is 0 Å². The van der Waals surface area contributed by atoms with Crippen molar-refractivity contribution in [2.24, 2.45) is 0 Å². The van der Waals surface area contributed by atoms with Gasteiger partial charge in [0, 0.05) is 16.7 Å². The lowest BCUT2D eigenvalue weighted by Crippen LogP contribution is -2.24. The number of allylic oxidation sites excluding steroid dienone is 1. The number of Topliss-reactive ketones (excluding diaryl/α,β-unsaturated/α-hetero) is 2. The Morgan fingerprint density at radius 2 is 1.48 bits per heavy atom. The van der Waals surface area contributed by atoms with Crippen molar-refractivity contribution >= 4 is 17.3 Å². The van der Waals surface area contributed by atoms with Crippen molar-refractivity contribution in [2.45, 2.75) is 25.7 Å². The van der Waals surface area contributed by atoms with Gasteiger partial charge in [0.15, 0.2) is 0 Å². The third kappa shape index (κ3) is 2.82. The van der Waals surface area contributed by atoms with Gasteiger partial charge >= 0.3 is 0 Å². The summed E-state index contributed by atoms with van der Waals surface area (Å²) in [6.45, 7) is 2.08. The molecule has 0 spiro atoms. The summed E-state index contributed by atoms with van der Waals surface area (Å²) in [4.78, 5) is 24.5. The SMILES string of the molecule is CC(CCC1=C(O)c2ccccc2C(=O)C1=O)c1ccccc1. The molecule has 1 N–H and O–H groups in total. The zero-order chi connectivity index (χ0) is 16.4. The molecule has 0 amide bonds. The number of carbonyl (C=O) groups excluding carboxylic acids is 2. The van der Waals surface area contributed by atoms with E-state index in [-0.39, 0.29) is 22.8 Å². The molecule has 2 aromatic carbocycles. The van der Waals surface area contributed by atoms with E-state index < -0.39 is 11.6 Å². The largest absolute Gasteiger partial charge is 0.507 e. The fourth-order valence-electron chi connectivity index (χ4n) is 2.96. The quantitative estimate of drug-likeness (QED) is 0.857. The van der Waals surface area contributed by atoms with E-state index in [4.69, 9.17) is 0 Å². The molecule has 0 aromatic heterocycles. The summed E-state index contributed by atoms with van der Waals surface area (Å²) in [5.41, 5.74) is 2.16. The van der Waals surface area contributed by atoms with Crippen molar-refractivity contribution < 1.29 is 14.7 Å². The summed E-state index contributed by atoms with van der Waals surface area (Å²) >= 11 is 0. The van der Waals surface area contributed by atoms with Crippen LogP contribution in [-0.4, -0.2) is 16.7 Å². The third-order valence-corrected chi connectivity index (χ3v) is 4.39. The Hall–Kier alpha value is -2.68. The van der Waals surface area contributed by atoms with Crippen molar-refractivity contribution in [1.82, 2.24) is 0 Å². The first-order valence-electron chi connectivity index (χ1n) is 7.75. The Balaban J connectivity index is 1.85. The van der Waals surface area contributed by atoms with Gasteiger partial charge in [-0.3, -0.25) is 9.59 Å². The first-order valence-corrected chi connectivity index (χ1v) is 7.75. The predicted octanol–water partition coefficient (Wildman–Crippen LogP) is 4.31. The van der Waals surface area contributed by atoms with Crippen LogP contribution in [0.2, 0.25) is 0 Å². The molecule has 23 heavy (non-hydrogen) atoms. The summed E-state index contributed by atoms with van der Waals surface area (Å²) in [5, 5.41) is 10.4. The highest BCUT2D eigenvalue weighted by Gasteiger charge is 2.32. The van der Waals surface area contributed by atoms with Gasteiger partial charge in [-0.05, 0) is 24.3 Å². The molecule has 1 aliphatic carbocycles. The van der Waals surface area contributed by atoms with E-state index in [1.807, 2.05) is 30.3 Å². The first-order chi connectivity index (χ1) is 11.1. The minimum absolute atomic E-state index is 0.0505. The van der Waals surface area contributed by atoms with Gasteiger partial charge in [0.25, 0.3) is 0 Å². The predicted molar refractivity (Wildman–Crippen MR) is 89.4 cm³/mol. The number of carbonyl (C=O) groups is 2. The first kappa shape index (κ1) is 15.2. The fourth-order valence-corrected chi connectivity index (χ4v) is 2.96. The Kier molecular flexibility index (Phi) is 4.11. The number of hydrogen-bond donors (Lipinski definition) is 1. The number of hydrogen-bond acceptors (Lipinski definition) is 3. The monoisotopic (exact) mass is 306 g/mol. The van der Waals surface area contributed by atoms with Crippen molar-refractivity contribution in [2.75, 3.05) is 0 Å². The lowest BCUT2D eigenvalue weighted by Gasteiger charge is -2.19. The van der Waals surface area contributed by atoms with Crippen molar-refractivity contribution in [3.05, 3.63) is 76.9 Å². The van der Waals surface area contributed by atoms with E-state index in [0.717, 1.165) is 0 Å². The number of aliphatic hydroxyl groups excluding tert-OH is 1. The Labute approximate surface area is 135 Å². The maximum Gasteiger partial charge on any atom is 0.234 e. The van der Waals surface area contributed by atoms with Gasteiger partial charge in [-0.15, -0.1) is 0 Å². The van der Waals surface area contributed by atoms with Crippen LogP contribution in [0.25, 0.3) is 5.76 Å². The van der Waals surface area contributed by atoms with E-state index in [0.29, 0.717) is 18.4 Å². The molecule has 3 heteroatoms. The molecule has 0 aliphatic heterocycles. The number of benzene rings is 2. The maximum atomic E-state index is 12.3. The maximum absolute atomic E-state index is 12.3. The molecule has 3 rings (SSSR count). The highest BCUT2D eigenvalue weighted by Crippen LogP contribution is 2.32. The van der Waals surface area contributed by atoms with Crippen LogP contribution < -0.4 is 0 Å². The minimum atomic E-state index is -0.582. The second kappa shape index (κ2) is 6.21. The fraction of sp³-hybridized carbons (Fsp3) is 0.200. The highest BCUT2D eigenvalue weighted by atomic mass is 16.3. The van der Waals surface area contributed by atoms with E-state index in [2.05, 4.69) is 6.92 Å². The highest BCUT2D eigenvalue weighted by molar-refractivity contribution is 6.52. The Morgan fingerprint density at radius 1 is 0.870 bits per heavy atom. The van der Waals surface area contributed by atoms with Crippen molar-refractivity contribution in [3.63, 3.8) is 0 Å². The minimum Gasteiger partial charge on any atom is -0.507 e. The summed E-state index contributed by atoms with van der Waals surface area (Å²) in [5.74, 6) is -0.913. The van der Waals surface area contributed by atoms with Crippen LogP contribution >= 0.6 is 0 Å². The van der Waals surface area contributed by atoms with Gasteiger partial charge in [0.2, 0.25) is 11.6 Å². The van der Waals surface area contributed by atoms with Gasteiger partial charge < -0.3 is 5.11 Å². The average Bonchev–Trinajstić information content (AvgIpc) is 2.60. The Bertz CT molecular complexity index is 788. The van der Waals surface area contributed by atoms with Gasteiger partial charge in [-0.2, -0.15) is 0 Å². The number of ketones is 2. The number of fused-ring (bicyclic) bond motifs is 1. The van der Waals surface area contributed by atoms with Crippen LogP contribution in [0.4, 0.5) is 0 Å². The zero-order valence-corrected chi connectivity index (χ0v) is 13.0. The molecule has 0 saturated carbocycles. The van der Waals surface area contributed by atoms with Crippen molar-refractivity contribution in [3.8, 4) is 0 Å². The average molecular weight is 306 g/mol. The second-order valence-electron chi connectivity index (χ2n) is 5.88. The molecule has 2 aromatic rings. The molecule has 0 fully saturated rings. The smallest absolute Gasteiger partial charge is 0.234 e. The van der Waals surface area contributed by atoms with Crippen LogP contribution in [0.15, 0.2) is 60.2 Å². The lowest BCUT2D eigenvalue weighted by molar-refractivity contribution is -0.112. The van der Waals surface area contributed by atoms with Crippen LogP contribution in [0.5, 0.6) is 0 Å². The molecule has 1 aliphatic rings. The van der Waals surface area contributed by atoms with Gasteiger partial charge in [-0.1, -0.05) is 61.5 Å². The van der Waals surface area contributed by atoms with Crippen LogP contribution in [0.1, 0.15) is 47.2 Å². The summed E-state index contributed by atoms with van der Waals surface area (Å²) in [7, 11) is 0. The van der Waals surface area contributed by atoms with E-state index in [1.54, 1.807) is 24.3 Å². The lowest BCUT2D eigenvalue weighted by atomic mass is 9.84. The normalized spacial score (nSPS) is 15.5. The molecule has 1 unspecified atom stereocenters. The molecule has 0 radical (unpaired) electrons. The molecule has 3 nitrogen and oxygen atoms in total. The second-order valence-corrected chi connectivity index (χ2v) is 5.88. The molecular weight excluding hydrogens is 288 g/mol. The van der Waals surface area contributed by atoms with E-state index in [9.17, 15) is 14.7 Å². The summed E-state index contributed by atoms with van der Waals surface area (Å²) in [6.07, 6.45) is 1.09. The standard InChI is InChI=1S/C20H18O3/c1-13(14-7-3-2-4-8-14)11-12-17-18(21)15-9-5-6-10-16(15)19(22)20(17)23/h2-10,13,21H,11-12H2,1H3. The van der Waals surface area contributed by atoms with Gasteiger partial charge in [-0.25, -0.2) is 0 Å². The van der Waals surface area contributed by atoms with Crippen molar-refractivity contribution in [1.29, 1.82) is 0 Å². The number of rotatable bonds is 4. The summed E-state index contributed by atoms with van der Waals surface area (Å²) in [6, 6.07) is 16.7. The molecule has 0 heterocycles. The van der Waals surface area contributed by atoms with Gasteiger partial charge in [0.05, 0.1) is 0 Å². The molecule has 1 atom stereocenters. The summed E-state index contributed by atoms with van der Waals surface area (Å²) < 4.78 is 0. The van der Waals surface area contributed by atoms with Crippen LogP contribution in [0, 0.1) is 0 Å².